The van der Waals surface area contributed by atoms with E-state index in [0.29, 0.717) is 13.2 Å². The number of ether oxygens (including phenoxy) is 1. The van der Waals surface area contributed by atoms with Crippen LogP contribution >= 0.6 is 0 Å². The van der Waals surface area contributed by atoms with E-state index in [1.807, 2.05) is 48.5 Å². The van der Waals surface area contributed by atoms with Crippen molar-refractivity contribution in [2.75, 3.05) is 11.5 Å². The van der Waals surface area contributed by atoms with Crippen LogP contribution in [0.25, 0.3) is 0 Å². The second-order valence-electron chi connectivity index (χ2n) is 6.46. The summed E-state index contributed by atoms with van der Waals surface area (Å²) in [5, 5.41) is 2.75. The van der Waals surface area contributed by atoms with Crippen molar-refractivity contribution in [2.45, 2.75) is 39.3 Å². The van der Waals surface area contributed by atoms with E-state index in [4.69, 9.17) is 4.74 Å². The van der Waals surface area contributed by atoms with Gasteiger partial charge in [0.15, 0.2) is 0 Å². The largest absolute Gasteiger partial charge is 0.494 e. The lowest BCUT2D eigenvalue weighted by Gasteiger charge is -2.18. The molecule has 0 unspecified atom stereocenters. The Hall–Kier alpha value is -2.82. The van der Waals surface area contributed by atoms with E-state index in [0.717, 1.165) is 35.4 Å². The van der Waals surface area contributed by atoms with E-state index in [1.54, 1.807) is 4.90 Å². The van der Waals surface area contributed by atoms with Crippen molar-refractivity contribution in [3.05, 3.63) is 59.7 Å². The lowest BCUT2D eigenvalue weighted by Crippen LogP contribution is -2.36. The van der Waals surface area contributed by atoms with Gasteiger partial charge in [0.1, 0.15) is 11.8 Å². The van der Waals surface area contributed by atoms with Crippen molar-refractivity contribution in [3.63, 3.8) is 0 Å². The average Bonchev–Trinajstić information content (AvgIpc) is 2.89. The minimum Gasteiger partial charge on any atom is -0.494 e. The highest BCUT2D eigenvalue weighted by atomic mass is 16.5. The van der Waals surface area contributed by atoms with Crippen molar-refractivity contribution in [1.29, 1.82) is 0 Å². The summed E-state index contributed by atoms with van der Waals surface area (Å²) in [5.74, 6) is 0.518. The number of amides is 2. The van der Waals surface area contributed by atoms with Gasteiger partial charge in [0.2, 0.25) is 5.91 Å². The molecule has 0 spiro atoms. The maximum atomic E-state index is 12.8. The third-order valence-electron chi connectivity index (χ3n) is 4.43. The molecule has 1 atom stereocenters. The van der Waals surface area contributed by atoms with Crippen LogP contribution in [0.2, 0.25) is 0 Å². The van der Waals surface area contributed by atoms with E-state index < -0.39 is 6.04 Å². The number of benzene rings is 2. The molecule has 136 valence electrons. The quantitative estimate of drug-likeness (QED) is 0.775. The van der Waals surface area contributed by atoms with Crippen LogP contribution in [0, 0.1) is 0 Å². The Bertz CT molecular complexity index is 786. The zero-order valence-electron chi connectivity index (χ0n) is 15.2. The normalized spacial score (nSPS) is 15.7. The van der Waals surface area contributed by atoms with Gasteiger partial charge in [-0.3, -0.25) is 9.59 Å². The van der Waals surface area contributed by atoms with Crippen LogP contribution in [-0.4, -0.2) is 18.4 Å². The molecule has 26 heavy (non-hydrogen) atoms. The Morgan fingerprint density at radius 3 is 2.58 bits per heavy atom. The van der Waals surface area contributed by atoms with Crippen molar-refractivity contribution >= 4 is 17.5 Å². The lowest BCUT2D eigenvalue weighted by atomic mass is 10.1. The number of hydrogen-bond acceptors (Lipinski definition) is 3. The molecule has 1 N–H and O–H groups in total. The number of carbonyl (C=O) groups excluding carboxylic acids is 2. The molecule has 5 nitrogen and oxygen atoms in total. The van der Waals surface area contributed by atoms with Crippen molar-refractivity contribution in [3.8, 4) is 5.75 Å². The Morgan fingerprint density at radius 1 is 1.15 bits per heavy atom. The van der Waals surface area contributed by atoms with Gasteiger partial charge in [-0.25, -0.2) is 0 Å². The fraction of sp³-hybridized carbons (Fsp3) is 0.333. The number of hydrogen-bond donors (Lipinski definition) is 1. The maximum Gasteiger partial charge on any atom is 0.254 e. The number of fused-ring (bicyclic) bond motifs is 1. The summed E-state index contributed by atoms with van der Waals surface area (Å²) in [4.78, 5) is 26.0. The van der Waals surface area contributed by atoms with E-state index in [9.17, 15) is 9.59 Å². The van der Waals surface area contributed by atoms with Gasteiger partial charge in [0.25, 0.3) is 5.91 Å². The van der Waals surface area contributed by atoms with Crippen LogP contribution < -0.4 is 15.0 Å². The lowest BCUT2D eigenvalue weighted by molar-refractivity contribution is -0.126. The first-order chi connectivity index (χ1) is 12.6. The van der Waals surface area contributed by atoms with E-state index >= 15 is 0 Å². The molecule has 1 heterocycles. The monoisotopic (exact) mass is 352 g/mol. The van der Waals surface area contributed by atoms with Gasteiger partial charge in [-0.1, -0.05) is 43.7 Å². The molecule has 0 aromatic heterocycles. The van der Waals surface area contributed by atoms with Gasteiger partial charge in [0, 0.05) is 18.2 Å². The van der Waals surface area contributed by atoms with E-state index in [1.165, 1.54) is 6.92 Å². The topological polar surface area (TPSA) is 58.6 Å². The Labute approximate surface area is 154 Å². The molecule has 0 fully saturated rings. The van der Waals surface area contributed by atoms with Gasteiger partial charge in [-0.2, -0.15) is 0 Å². The Balaban J connectivity index is 1.75. The molecule has 2 amide bonds. The molecular formula is C21H24N2O3. The van der Waals surface area contributed by atoms with Crippen LogP contribution in [0.4, 0.5) is 5.69 Å². The second-order valence-corrected chi connectivity index (χ2v) is 6.46. The summed E-state index contributed by atoms with van der Waals surface area (Å²) < 4.78 is 5.68. The van der Waals surface area contributed by atoms with E-state index in [2.05, 4.69) is 12.2 Å². The number of para-hydroxylation sites is 1. The highest BCUT2D eigenvalue weighted by Crippen LogP contribution is 2.36. The Kier molecular flexibility index (Phi) is 5.56. The summed E-state index contributed by atoms with van der Waals surface area (Å²) in [6.07, 6.45) is 2.13. The number of rotatable bonds is 7. The van der Waals surface area contributed by atoms with Crippen LogP contribution in [0.15, 0.2) is 48.5 Å². The molecular weight excluding hydrogens is 328 g/mol. The third kappa shape index (κ3) is 3.87. The van der Waals surface area contributed by atoms with E-state index in [-0.39, 0.29) is 11.8 Å². The van der Waals surface area contributed by atoms with Gasteiger partial charge in [-0.15, -0.1) is 0 Å². The first kappa shape index (κ1) is 18.0. The molecule has 0 radical (unpaired) electrons. The molecule has 0 saturated carbocycles. The average molecular weight is 352 g/mol. The van der Waals surface area contributed by atoms with Crippen LogP contribution in [0.3, 0.4) is 0 Å². The van der Waals surface area contributed by atoms with Gasteiger partial charge >= 0.3 is 0 Å². The van der Waals surface area contributed by atoms with Crippen LogP contribution in [0.1, 0.15) is 43.9 Å². The number of anilines is 1. The molecule has 1 aliphatic heterocycles. The summed E-state index contributed by atoms with van der Waals surface area (Å²) in [7, 11) is 0. The molecule has 0 saturated heterocycles. The number of nitrogens with zero attached hydrogens (tertiary/aromatic N) is 1. The smallest absolute Gasteiger partial charge is 0.254 e. The van der Waals surface area contributed by atoms with Crippen LogP contribution in [-0.2, 0) is 16.1 Å². The molecule has 3 rings (SSSR count). The highest BCUT2D eigenvalue weighted by molar-refractivity contribution is 6.06. The number of unbranched alkanes of at least 4 members (excludes halogenated alkanes) is 1. The fourth-order valence-corrected chi connectivity index (χ4v) is 3.10. The zero-order chi connectivity index (χ0) is 18.5. The summed E-state index contributed by atoms with van der Waals surface area (Å²) >= 11 is 0. The van der Waals surface area contributed by atoms with Crippen molar-refractivity contribution in [1.82, 2.24) is 5.32 Å². The molecule has 2 aromatic rings. The minimum atomic E-state index is -0.611. The predicted molar refractivity (Wildman–Crippen MR) is 101 cm³/mol. The molecule has 1 aliphatic rings. The minimum absolute atomic E-state index is 0.107. The summed E-state index contributed by atoms with van der Waals surface area (Å²) in [6.45, 7) is 4.73. The van der Waals surface area contributed by atoms with Gasteiger partial charge in [-0.05, 0) is 30.2 Å². The van der Waals surface area contributed by atoms with Gasteiger partial charge < -0.3 is 15.0 Å². The third-order valence-corrected chi connectivity index (χ3v) is 4.43. The molecule has 2 aromatic carbocycles. The highest BCUT2D eigenvalue weighted by Gasteiger charge is 2.37. The fourth-order valence-electron chi connectivity index (χ4n) is 3.10. The first-order valence-corrected chi connectivity index (χ1v) is 8.99. The van der Waals surface area contributed by atoms with Gasteiger partial charge in [0.05, 0.1) is 13.2 Å². The zero-order valence-corrected chi connectivity index (χ0v) is 15.2. The number of carbonyl (C=O) groups is 2. The second kappa shape index (κ2) is 8.04. The molecule has 0 bridgehead atoms. The molecule has 5 heteroatoms. The van der Waals surface area contributed by atoms with Crippen molar-refractivity contribution in [2.24, 2.45) is 0 Å². The summed E-state index contributed by atoms with van der Waals surface area (Å²) in [5.41, 5.74) is 2.70. The Morgan fingerprint density at radius 2 is 1.88 bits per heavy atom. The van der Waals surface area contributed by atoms with Crippen molar-refractivity contribution < 1.29 is 14.3 Å². The summed E-state index contributed by atoms with van der Waals surface area (Å²) in [6, 6.07) is 14.8. The van der Waals surface area contributed by atoms with Crippen LogP contribution in [0.5, 0.6) is 5.75 Å². The first-order valence-electron chi connectivity index (χ1n) is 8.99. The SMILES string of the molecule is CCCCOc1ccc(CN2C(=O)[C@H](NC(C)=O)c3ccccc32)cc1. The maximum absolute atomic E-state index is 12.8. The molecule has 0 aliphatic carbocycles. The number of nitrogens with one attached hydrogen (secondary N) is 1. The standard InChI is InChI=1S/C21H24N2O3/c1-3-4-13-26-17-11-9-16(10-12-17)14-23-19-8-6-5-7-18(19)20(21(23)25)22-15(2)24/h5-12,20H,3-4,13-14H2,1-2H3,(H,22,24)/t20-/m1/s1. The predicted octanol–water partition coefficient (Wildman–Crippen LogP) is 3.59.